The molecule has 1 aliphatic heterocycles. The molecule has 0 bridgehead atoms. The highest BCUT2D eigenvalue weighted by Gasteiger charge is 2.36. The fourth-order valence-electron chi connectivity index (χ4n) is 2.97. The van der Waals surface area contributed by atoms with Crippen LogP contribution in [0.25, 0.3) is 11.1 Å². The van der Waals surface area contributed by atoms with Gasteiger partial charge >= 0.3 is 5.97 Å². The Hall–Kier alpha value is -2.29. The van der Waals surface area contributed by atoms with Crippen LogP contribution in [0.4, 0.5) is 5.69 Å². The monoisotopic (exact) mass is 295 g/mol. The number of carboxylic acid groups (broad SMARTS) is 1. The summed E-state index contributed by atoms with van der Waals surface area (Å²) in [4.78, 5) is 13.6. The van der Waals surface area contributed by atoms with E-state index in [4.69, 9.17) is 0 Å². The van der Waals surface area contributed by atoms with Gasteiger partial charge in [0.25, 0.3) is 0 Å². The van der Waals surface area contributed by atoms with Gasteiger partial charge in [-0.15, -0.1) is 0 Å². The van der Waals surface area contributed by atoms with Gasteiger partial charge in [0, 0.05) is 18.8 Å². The number of carbonyl (C=O) groups is 1. The molecule has 0 unspecified atom stereocenters. The number of rotatable bonds is 3. The van der Waals surface area contributed by atoms with E-state index < -0.39 is 11.4 Å². The molecule has 1 N–H and O–H groups in total. The molecule has 0 atom stereocenters. The van der Waals surface area contributed by atoms with Crippen molar-refractivity contribution in [3.8, 4) is 11.1 Å². The number of nitrogens with zero attached hydrogens (tertiary/aromatic N) is 1. The number of aliphatic carboxylic acids is 1. The molecule has 0 radical (unpaired) electrons. The lowest BCUT2D eigenvalue weighted by molar-refractivity contribution is -0.149. The Morgan fingerprint density at radius 2 is 1.50 bits per heavy atom. The molecule has 2 aromatic rings. The average Bonchev–Trinajstić information content (AvgIpc) is 2.56. The molecule has 0 saturated carbocycles. The third kappa shape index (κ3) is 2.84. The van der Waals surface area contributed by atoms with E-state index in [0.29, 0.717) is 12.8 Å². The molecule has 1 aliphatic rings. The highest BCUT2D eigenvalue weighted by molar-refractivity contribution is 5.74. The van der Waals surface area contributed by atoms with Crippen LogP contribution < -0.4 is 4.90 Å². The van der Waals surface area contributed by atoms with Crippen molar-refractivity contribution in [2.75, 3.05) is 18.0 Å². The van der Waals surface area contributed by atoms with Gasteiger partial charge in [0.1, 0.15) is 0 Å². The summed E-state index contributed by atoms with van der Waals surface area (Å²) in [5, 5.41) is 9.30. The number of carboxylic acids is 1. The van der Waals surface area contributed by atoms with E-state index in [-0.39, 0.29) is 0 Å². The molecule has 2 aromatic carbocycles. The molecule has 0 aromatic heterocycles. The maximum Gasteiger partial charge on any atom is 0.309 e. The fourth-order valence-corrected chi connectivity index (χ4v) is 2.97. The number of hydrogen-bond acceptors (Lipinski definition) is 2. The standard InChI is InChI=1S/C19H21NO2/c1-19(18(21)22)11-13-20(14-12-19)17-9-7-16(8-10-17)15-5-3-2-4-6-15/h2-10H,11-14H2,1H3,(H,21,22). The minimum Gasteiger partial charge on any atom is -0.481 e. The van der Waals surface area contributed by atoms with Gasteiger partial charge < -0.3 is 10.0 Å². The summed E-state index contributed by atoms with van der Waals surface area (Å²) >= 11 is 0. The van der Waals surface area contributed by atoms with Crippen LogP contribution in [-0.2, 0) is 4.79 Å². The second-order valence-electron chi connectivity index (χ2n) is 6.27. The lowest BCUT2D eigenvalue weighted by atomic mass is 9.80. The zero-order valence-corrected chi connectivity index (χ0v) is 12.8. The first-order valence-corrected chi connectivity index (χ1v) is 7.72. The molecule has 0 spiro atoms. The summed E-state index contributed by atoms with van der Waals surface area (Å²) in [5.41, 5.74) is 3.02. The van der Waals surface area contributed by atoms with E-state index in [1.54, 1.807) is 0 Å². The largest absolute Gasteiger partial charge is 0.481 e. The number of hydrogen-bond donors (Lipinski definition) is 1. The third-order valence-electron chi connectivity index (χ3n) is 4.72. The summed E-state index contributed by atoms with van der Waals surface area (Å²) in [6.45, 7) is 3.45. The zero-order valence-electron chi connectivity index (χ0n) is 12.8. The maximum atomic E-state index is 11.3. The Bertz CT molecular complexity index is 641. The van der Waals surface area contributed by atoms with Gasteiger partial charge in [-0.25, -0.2) is 0 Å². The second-order valence-corrected chi connectivity index (χ2v) is 6.27. The van der Waals surface area contributed by atoms with Gasteiger partial charge in [-0.3, -0.25) is 4.79 Å². The minimum atomic E-state index is -0.674. The molecule has 1 heterocycles. The molecule has 0 aliphatic carbocycles. The summed E-state index contributed by atoms with van der Waals surface area (Å²) in [6.07, 6.45) is 1.39. The molecule has 3 heteroatoms. The second kappa shape index (κ2) is 5.84. The van der Waals surface area contributed by atoms with E-state index in [1.165, 1.54) is 16.8 Å². The van der Waals surface area contributed by atoms with Gasteiger partial charge in [0.15, 0.2) is 0 Å². The normalized spacial score (nSPS) is 17.2. The van der Waals surface area contributed by atoms with Gasteiger partial charge in [-0.2, -0.15) is 0 Å². The summed E-state index contributed by atoms with van der Waals surface area (Å²) in [7, 11) is 0. The van der Waals surface area contributed by atoms with E-state index >= 15 is 0 Å². The van der Waals surface area contributed by atoms with Crippen molar-refractivity contribution in [1.29, 1.82) is 0 Å². The maximum absolute atomic E-state index is 11.3. The Morgan fingerprint density at radius 3 is 2.05 bits per heavy atom. The van der Waals surface area contributed by atoms with E-state index in [0.717, 1.165) is 13.1 Å². The highest BCUT2D eigenvalue weighted by atomic mass is 16.4. The highest BCUT2D eigenvalue weighted by Crippen LogP contribution is 2.33. The van der Waals surface area contributed by atoms with Crippen LogP contribution in [0.5, 0.6) is 0 Å². The smallest absolute Gasteiger partial charge is 0.309 e. The quantitative estimate of drug-likeness (QED) is 0.929. The Kier molecular flexibility index (Phi) is 3.88. The molecular formula is C19H21NO2. The molecule has 3 rings (SSSR count). The van der Waals surface area contributed by atoms with Crippen LogP contribution >= 0.6 is 0 Å². The van der Waals surface area contributed by atoms with Crippen molar-refractivity contribution in [2.24, 2.45) is 5.41 Å². The first kappa shape index (κ1) is 14.6. The fraction of sp³-hybridized carbons (Fsp3) is 0.316. The van der Waals surface area contributed by atoms with Gasteiger partial charge in [0.2, 0.25) is 0 Å². The molecule has 1 saturated heterocycles. The van der Waals surface area contributed by atoms with E-state index in [1.807, 2.05) is 25.1 Å². The average molecular weight is 295 g/mol. The third-order valence-corrected chi connectivity index (χ3v) is 4.72. The van der Waals surface area contributed by atoms with Crippen LogP contribution in [0.15, 0.2) is 54.6 Å². The van der Waals surface area contributed by atoms with Crippen molar-refractivity contribution >= 4 is 11.7 Å². The lowest BCUT2D eigenvalue weighted by Crippen LogP contribution is -2.42. The predicted molar refractivity (Wildman–Crippen MR) is 89.1 cm³/mol. The molecule has 114 valence electrons. The summed E-state index contributed by atoms with van der Waals surface area (Å²) in [6, 6.07) is 18.8. The molecule has 22 heavy (non-hydrogen) atoms. The predicted octanol–water partition coefficient (Wildman–Crippen LogP) is 4.04. The van der Waals surface area contributed by atoms with E-state index in [2.05, 4.69) is 41.3 Å². The Labute approximate surface area is 131 Å². The molecule has 1 fully saturated rings. The minimum absolute atomic E-state index is 0.569. The molecule has 0 amide bonds. The van der Waals surface area contributed by atoms with Crippen LogP contribution in [0.1, 0.15) is 19.8 Å². The first-order chi connectivity index (χ1) is 10.6. The van der Waals surface area contributed by atoms with Crippen LogP contribution in [0.3, 0.4) is 0 Å². The van der Waals surface area contributed by atoms with Gasteiger partial charge in [-0.1, -0.05) is 42.5 Å². The topological polar surface area (TPSA) is 40.5 Å². The summed E-state index contributed by atoms with van der Waals surface area (Å²) in [5.74, 6) is -0.674. The molecule has 3 nitrogen and oxygen atoms in total. The van der Waals surface area contributed by atoms with Crippen molar-refractivity contribution in [3.63, 3.8) is 0 Å². The number of anilines is 1. The van der Waals surface area contributed by atoms with Crippen molar-refractivity contribution < 1.29 is 9.90 Å². The Morgan fingerprint density at radius 1 is 0.955 bits per heavy atom. The van der Waals surface area contributed by atoms with Gasteiger partial charge in [-0.05, 0) is 43.0 Å². The zero-order chi connectivity index (χ0) is 15.6. The first-order valence-electron chi connectivity index (χ1n) is 7.72. The number of piperidine rings is 1. The van der Waals surface area contributed by atoms with Crippen LogP contribution in [-0.4, -0.2) is 24.2 Å². The van der Waals surface area contributed by atoms with Gasteiger partial charge in [0.05, 0.1) is 5.41 Å². The lowest BCUT2D eigenvalue weighted by Gasteiger charge is -2.37. The summed E-state index contributed by atoms with van der Waals surface area (Å²) < 4.78 is 0. The SMILES string of the molecule is CC1(C(=O)O)CCN(c2ccc(-c3ccccc3)cc2)CC1. The van der Waals surface area contributed by atoms with Crippen molar-refractivity contribution in [1.82, 2.24) is 0 Å². The Balaban J connectivity index is 1.71. The van der Waals surface area contributed by atoms with E-state index in [9.17, 15) is 9.90 Å². The number of benzene rings is 2. The van der Waals surface area contributed by atoms with Crippen LogP contribution in [0, 0.1) is 5.41 Å². The van der Waals surface area contributed by atoms with Crippen molar-refractivity contribution in [3.05, 3.63) is 54.6 Å². The van der Waals surface area contributed by atoms with Crippen LogP contribution in [0.2, 0.25) is 0 Å². The van der Waals surface area contributed by atoms with Crippen molar-refractivity contribution in [2.45, 2.75) is 19.8 Å². The molecular weight excluding hydrogens is 274 g/mol.